The van der Waals surface area contributed by atoms with Gasteiger partial charge in [0.15, 0.2) is 0 Å². The van der Waals surface area contributed by atoms with Crippen molar-refractivity contribution in [2.45, 2.75) is 18.9 Å². The van der Waals surface area contributed by atoms with Gasteiger partial charge in [0, 0.05) is 6.20 Å². The van der Waals surface area contributed by atoms with E-state index in [1.54, 1.807) is 19.6 Å². The molecule has 0 amide bonds. The lowest BCUT2D eigenvalue weighted by Crippen LogP contribution is -1.96. The minimum absolute atomic E-state index is 0.546. The summed E-state index contributed by atoms with van der Waals surface area (Å²) in [7, 11) is 1.67. The van der Waals surface area contributed by atoms with Crippen LogP contribution in [0.5, 0.6) is 5.75 Å². The summed E-state index contributed by atoms with van der Waals surface area (Å²) >= 11 is 0. The number of ether oxygens (including phenoxy) is 2. The van der Waals surface area contributed by atoms with E-state index >= 15 is 0 Å². The van der Waals surface area contributed by atoms with Crippen molar-refractivity contribution in [3.63, 3.8) is 0 Å². The van der Waals surface area contributed by atoms with Crippen LogP contribution < -0.4 is 4.74 Å². The average molecular weight is 281 g/mol. The van der Waals surface area contributed by atoms with E-state index in [2.05, 4.69) is 29.3 Å². The lowest BCUT2D eigenvalue weighted by molar-refractivity contribution is 0.304. The molecule has 1 aliphatic carbocycles. The maximum Gasteiger partial charge on any atom is 0.138 e. The zero-order valence-corrected chi connectivity index (χ0v) is 12.1. The van der Waals surface area contributed by atoms with Crippen LogP contribution in [0.1, 0.15) is 23.5 Å². The molecule has 1 aromatic carbocycles. The Morgan fingerprint density at radius 3 is 2.90 bits per heavy atom. The molecule has 0 saturated heterocycles. The van der Waals surface area contributed by atoms with Crippen molar-refractivity contribution < 1.29 is 9.47 Å². The van der Waals surface area contributed by atoms with Gasteiger partial charge in [-0.25, -0.2) is 0 Å². The molecule has 21 heavy (non-hydrogen) atoms. The van der Waals surface area contributed by atoms with Crippen molar-refractivity contribution in [2.75, 3.05) is 7.11 Å². The largest absolute Gasteiger partial charge is 0.505 e. The third-order valence-electron chi connectivity index (χ3n) is 3.71. The van der Waals surface area contributed by atoms with Gasteiger partial charge in [-0.15, -0.1) is 0 Å². The molecule has 0 N–H and O–H groups in total. The molecule has 3 nitrogen and oxygen atoms in total. The molecule has 1 aliphatic rings. The Bertz CT molecular complexity index is 610. The van der Waals surface area contributed by atoms with Gasteiger partial charge in [-0.3, -0.25) is 4.98 Å². The SMILES string of the molecule is CO/C=C/[C@H]1C[C@@H]1c1cncc(OCc2ccccc2)c1. The Kier molecular flexibility index (Phi) is 4.20. The van der Waals surface area contributed by atoms with E-state index in [4.69, 9.17) is 9.47 Å². The topological polar surface area (TPSA) is 31.4 Å². The Morgan fingerprint density at radius 2 is 2.10 bits per heavy atom. The lowest BCUT2D eigenvalue weighted by Gasteiger charge is -2.07. The zero-order valence-electron chi connectivity index (χ0n) is 12.1. The fourth-order valence-electron chi connectivity index (χ4n) is 2.45. The summed E-state index contributed by atoms with van der Waals surface area (Å²) in [6, 6.07) is 12.3. The number of hydrogen-bond acceptors (Lipinski definition) is 3. The van der Waals surface area contributed by atoms with Gasteiger partial charge in [-0.1, -0.05) is 30.3 Å². The standard InChI is InChI=1S/C18H19NO2/c1-20-8-7-15-10-18(15)16-9-17(12-19-11-16)21-13-14-5-3-2-4-6-14/h2-9,11-12,15,18H,10,13H2,1H3/b8-7+/t15-,18-/m0/s1. The van der Waals surface area contributed by atoms with Gasteiger partial charge in [0.25, 0.3) is 0 Å². The van der Waals surface area contributed by atoms with E-state index in [1.165, 1.54) is 5.56 Å². The van der Waals surface area contributed by atoms with E-state index in [1.807, 2.05) is 24.4 Å². The van der Waals surface area contributed by atoms with Gasteiger partial charge in [-0.05, 0) is 41.5 Å². The van der Waals surface area contributed by atoms with Gasteiger partial charge < -0.3 is 9.47 Å². The van der Waals surface area contributed by atoms with Crippen LogP contribution in [-0.2, 0) is 11.3 Å². The van der Waals surface area contributed by atoms with Crippen LogP contribution in [0.15, 0.2) is 61.1 Å². The van der Waals surface area contributed by atoms with Crippen LogP contribution >= 0.6 is 0 Å². The molecule has 108 valence electrons. The maximum atomic E-state index is 5.82. The summed E-state index contributed by atoms with van der Waals surface area (Å²) in [5, 5.41) is 0. The van der Waals surface area contributed by atoms with Crippen LogP contribution in [0.4, 0.5) is 0 Å². The van der Waals surface area contributed by atoms with Crippen molar-refractivity contribution in [1.29, 1.82) is 0 Å². The average Bonchev–Trinajstić information content (AvgIpc) is 3.32. The van der Waals surface area contributed by atoms with E-state index in [-0.39, 0.29) is 0 Å². The maximum absolute atomic E-state index is 5.82. The number of nitrogens with zero attached hydrogens (tertiary/aromatic N) is 1. The molecule has 0 bridgehead atoms. The Morgan fingerprint density at radius 1 is 1.24 bits per heavy atom. The molecule has 1 saturated carbocycles. The first-order valence-electron chi connectivity index (χ1n) is 7.18. The normalized spacial score (nSPS) is 20.4. The fourth-order valence-corrected chi connectivity index (χ4v) is 2.45. The molecule has 3 rings (SSSR count). The molecule has 0 spiro atoms. The van der Waals surface area contributed by atoms with Gasteiger partial charge in [0.05, 0.1) is 19.6 Å². The summed E-state index contributed by atoms with van der Waals surface area (Å²) in [5.74, 6) is 1.94. The molecule has 1 heterocycles. The van der Waals surface area contributed by atoms with Crippen LogP contribution in [0.3, 0.4) is 0 Å². The fraction of sp³-hybridized carbons (Fsp3) is 0.278. The summed E-state index contributed by atoms with van der Waals surface area (Å²) in [5.41, 5.74) is 2.40. The van der Waals surface area contributed by atoms with Crippen molar-refractivity contribution in [1.82, 2.24) is 4.98 Å². The second-order valence-corrected chi connectivity index (χ2v) is 5.30. The first-order valence-corrected chi connectivity index (χ1v) is 7.18. The smallest absolute Gasteiger partial charge is 0.138 e. The highest BCUT2D eigenvalue weighted by Crippen LogP contribution is 2.48. The molecule has 0 aliphatic heterocycles. The number of pyridine rings is 1. The second-order valence-electron chi connectivity index (χ2n) is 5.30. The quantitative estimate of drug-likeness (QED) is 0.752. The van der Waals surface area contributed by atoms with Crippen molar-refractivity contribution in [2.24, 2.45) is 5.92 Å². The van der Waals surface area contributed by atoms with Crippen LogP contribution in [0.2, 0.25) is 0 Å². The Hall–Kier alpha value is -2.29. The van der Waals surface area contributed by atoms with Crippen molar-refractivity contribution in [3.8, 4) is 5.75 Å². The predicted octanol–water partition coefficient (Wildman–Crippen LogP) is 3.92. The van der Waals surface area contributed by atoms with Gasteiger partial charge in [0.2, 0.25) is 0 Å². The number of hydrogen-bond donors (Lipinski definition) is 0. The number of methoxy groups -OCH3 is 1. The van der Waals surface area contributed by atoms with E-state index in [0.717, 1.165) is 17.7 Å². The minimum Gasteiger partial charge on any atom is -0.505 e. The second kappa shape index (κ2) is 6.44. The molecular formula is C18H19NO2. The first-order chi connectivity index (χ1) is 10.4. The highest BCUT2D eigenvalue weighted by atomic mass is 16.5. The third kappa shape index (κ3) is 3.63. The molecule has 3 heteroatoms. The molecular weight excluding hydrogens is 262 g/mol. The van der Waals surface area contributed by atoms with Gasteiger partial charge in [0.1, 0.15) is 12.4 Å². The zero-order chi connectivity index (χ0) is 14.5. The predicted molar refractivity (Wildman–Crippen MR) is 82.0 cm³/mol. The highest BCUT2D eigenvalue weighted by molar-refractivity contribution is 5.32. The van der Waals surface area contributed by atoms with Crippen LogP contribution in [0.25, 0.3) is 0 Å². The monoisotopic (exact) mass is 281 g/mol. The molecule has 2 aromatic rings. The number of rotatable bonds is 6. The minimum atomic E-state index is 0.546. The van der Waals surface area contributed by atoms with Crippen molar-refractivity contribution in [3.05, 3.63) is 72.3 Å². The highest BCUT2D eigenvalue weighted by Gasteiger charge is 2.36. The lowest BCUT2D eigenvalue weighted by atomic mass is 10.1. The first kappa shape index (κ1) is 13.7. The summed E-state index contributed by atoms with van der Waals surface area (Å²) in [4.78, 5) is 4.29. The molecule has 1 aromatic heterocycles. The van der Waals surface area contributed by atoms with Crippen LogP contribution in [-0.4, -0.2) is 12.1 Å². The Labute approximate surface area is 125 Å². The summed E-state index contributed by atoms with van der Waals surface area (Å²) in [6.07, 6.45) is 8.73. The Balaban J connectivity index is 1.60. The number of aromatic nitrogens is 1. The van der Waals surface area contributed by atoms with E-state index in [9.17, 15) is 0 Å². The molecule has 1 fully saturated rings. The van der Waals surface area contributed by atoms with E-state index < -0.39 is 0 Å². The summed E-state index contributed by atoms with van der Waals surface area (Å²) in [6.45, 7) is 0.573. The number of allylic oxidation sites excluding steroid dienone is 1. The summed E-state index contributed by atoms with van der Waals surface area (Å²) < 4.78 is 10.8. The van der Waals surface area contributed by atoms with Gasteiger partial charge in [-0.2, -0.15) is 0 Å². The molecule has 0 radical (unpaired) electrons. The number of benzene rings is 1. The molecule has 2 atom stereocenters. The molecule has 0 unspecified atom stereocenters. The van der Waals surface area contributed by atoms with E-state index in [0.29, 0.717) is 18.4 Å². The van der Waals surface area contributed by atoms with Crippen molar-refractivity contribution >= 4 is 0 Å². The van der Waals surface area contributed by atoms with Crippen LogP contribution in [0, 0.1) is 5.92 Å². The third-order valence-corrected chi connectivity index (χ3v) is 3.71. The van der Waals surface area contributed by atoms with Gasteiger partial charge >= 0.3 is 0 Å².